The zero-order valence-corrected chi connectivity index (χ0v) is 17.6. The smallest absolute Gasteiger partial charge is 0.242 e. The number of carbonyl (C=O) groups excluding carboxylic acids is 1. The monoisotopic (exact) mass is 415 g/mol. The maximum Gasteiger partial charge on any atom is 0.242 e. The molecule has 1 aliphatic heterocycles. The second-order valence-corrected chi connectivity index (χ2v) is 8.73. The molecule has 0 spiro atoms. The second-order valence-electron chi connectivity index (χ2n) is 6.72. The molecule has 0 aliphatic carbocycles. The number of nitrogens with zero attached hydrogens (tertiary/aromatic N) is 2. The second kappa shape index (κ2) is 8.65. The molecule has 0 aromatic heterocycles. The van der Waals surface area contributed by atoms with Gasteiger partial charge in [-0.1, -0.05) is 31.2 Å². The number of hydrazone groups is 1. The normalized spacial score (nSPS) is 16.4. The van der Waals surface area contributed by atoms with E-state index in [9.17, 15) is 13.2 Å². The highest BCUT2D eigenvalue weighted by atomic mass is 32.2. The van der Waals surface area contributed by atoms with Gasteiger partial charge in [-0.3, -0.25) is 9.52 Å². The summed E-state index contributed by atoms with van der Waals surface area (Å²) in [5.74, 6) is 0.685. The van der Waals surface area contributed by atoms with Gasteiger partial charge in [-0.25, -0.2) is 13.4 Å². The van der Waals surface area contributed by atoms with Crippen LogP contribution in [0.25, 0.3) is 0 Å². The van der Waals surface area contributed by atoms with Crippen molar-refractivity contribution in [3.8, 4) is 5.75 Å². The third kappa shape index (κ3) is 4.76. The summed E-state index contributed by atoms with van der Waals surface area (Å²) in [5, 5.41) is 6.12. The molecule has 8 heteroatoms. The van der Waals surface area contributed by atoms with Crippen molar-refractivity contribution >= 4 is 27.3 Å². The number of hydrogen-bond acceptors (Lipinski definition) is 5. The standard InChI is InChI=1S/C21H25N3O4S/c1-4-21(25)24-20(16-7-6-8-18(13-16)28-3)14-19(22-24)15-9-11-17(12-10-15)23-29(26,27)5-2/h6-13,20,23H,4-5,14H2,1-3H3. The molecule has 0 fully saturated rings. The van der Waals surface area contributed by atoms with Crippen LogP contribution in [0, 0.1) is 0 Å². The van der Waals surface area contributed by atoms with E-state index in [1.807, 2.05) is 43.3 Å². The topological polar surface area (TPSA) is 88.1 Å². The molecule has 2 aromatic rings. The largest absolute Gasteiger partial charge is 0.497 e. The number of amides is 1. The molecule has 1 atom stereocenters. The molecule has 1 N–H and O–H groups in total. The van der Waals surface area contributed by atoms with Crippen LogP contribution in [0.3, 0.4) is 0 Å². The van der Waals surface area contributed by atoms with Crippen molar-refractivity contribution in [3.05, 3.63) is 59.7 Å². The first-order valence-electron chi connectivity index (χ1n) is 9.51. The molecule has 7 nitrogen and oxygen atoms in total. The van der Waals surface area contributed by atoms with E-state index in [0.29, 0.717) is 18.5 Å². The lowest BCUT2D eigenvalue weighted by atomic mass is 9.98. The summed E-state index contributed by atoms with van der Waals surface area (Å²) in [7, 11) is -1.71. The van der Waals surface area contributed by atoms with Gasteiger partial charge in [0.25, 0.3) is 0 Å². The predicted octanol–water partition coefficient (Wildman–Crippen LogP) is 3.54. The first-order chi connectivity index (χ1) is 13.9. The molecule has 0 saturated heterocycles. The Morgan fingerprint density at radius 3 is 2.55 bits per heavy atom. The van der Waals surface area contributed by atoms with E-state index in [2.05, 4.69) is 9.82 Å². The highest BCUT2D eigenvalue weighted by Crippen LogP contribution is 2.34. The van der Waals surface area contributed by atoms with Crippen LogP contribution in [-0.2, 0) is 14.8 Å². The Kier molecular flexibility index (Phi) is 6.22. The molecule has 1 heterocycles. The maximum atomic E-state index is 12.5. The van der Waals surface area contributed by atoms with Gasteiger partial charge in [-0.15, -0.1) is 0 Å². The number of benzene rings is 2. The molecule has 2 aromatic carbocycles. The summed E-state index contributed by atoms with van der Waals surface area (Å²) >= 11 is 0. The first-order valence-corrected chi connectivity index (χ1v) is 11.2. The SMILES string of the molecule is CCC(=O)N1N=C(c2ccc(NS(=O)(=O)CC)cc2)CC1c1cccc(OC)c1. The fraction of sp³-hybridized carbons (Fsp3) is 0.333. The third-order valence-electron chi connectivity index (χ3n) is 4.82. The van der Waals surface area contributed by atoms with Crippen molar-refractivity contribution in [1.29, 1.82) is 0 Å². The number of rotatable bonds is 7. The highest BCUT2D eigenvalue weighted by Gasteiger charge is 2.32. The van der Waals surface area contributed by atoms with Crippen molar-refractivity contribution in [2.75, 3.05) is 17.6 Å². The molecule has 1 unspecified atom stereocenters. The van der Waals surface area contributed by atoms with E-state index in [-0.39, 0.29) is 17.7 Å². The average molecular weight is 416 g/mol. The molecule has 1 aliphatic rings. The fourth-order valence-electron chi connectivity index (χ4n) is 3.17. The van der Waals surface area contributed by atoms with Crippen LogP contribution >= 0.6 is 0 Å². The Bertz CT molecular complexity index is 1020. The molecular weight excluding hydrogens is 390 g/mol. The van der Waals surface area contributed by atoms with Gasteiger partial charge in [0.05, 0.1) is 24.6 Å². The van der Waals surface area contributed by atoms with Gasteiger partial charge in [0, 0.05) is 18.5 Å². The number of hydrogen-bond donors (Lipinski definition) is 1. The molecule has 0 bridgehead atoms. The number of anilines is 1. The van der Waals surface area contributed by atoms with Crippen molar-refractivity contribution in [1.82, 2.24) is 5.01 Å². The minimum Gasteiger partial charge on any atom is -0.497 e. The van der Waals surface area contributed by atoms with Gasteiger partial charge in [-0.05, 0) is 42.3 Å². The minimum absolute atomic E-state index is 0.0117. The van der Waals surface area contributed by atoms with Gasteiger partial charge < -0.3 is 4.74 Å². The van der Waals surface area contributed by atoms with Crippen molar-refractivity contribution in [3.63, 3.8) is 0 Å². The van der Waals surface area contributed by atoms with Crippen molar-refractivity contribution in [2.45, 2.75) is 32.7 Å². The summed E-state index contributed by atoms with van der Waals surface area (Å²) < 4.78 is 31.3. The lowest BCUT2D eigenvalue weighted by Gasteiger charge is -2.21. The van der Waals surface area contributed by atoms with Gasteiger partial charge >= 0.3 is 0 Å². The number of ether oxygens (including phenoxy) is 1. The first kappa shape index (κ1) is 20.9. The van der Waals surface area contributed by atoms with Gasteiger partial charge in [-0.2, -0.15) is 5.10 Å². The Morgan fingerprint density at radius 1 is 1.21 bits per heavy atom. The Hall–Kier alpha value is -2.87. The molecule has 0 radical (unpaired) electrons. The molecular formula is C21H25N3O4S. The van der Waals surface area contributed by atoms with Crippen LogP contribution in [0.2, 0.25) is 0 Å². The highest BCUT2D eigenvalue weighted by molar-refractivity contribution is 7.92. The molecule has 1 amide bonds. The van der Waals surface area contributed by atoms with E-state index < -0.39 is 10.0 Å². The molecule has 154 valence electrons. The summed E-state index contributed by atoms with van der Waals surface area (Å²) in [6, 6.07) is 14.5. The van der Waals surface area contributed by atoms with Crippen molar-refractivity contribution < 1.29 is 17.9 Å². The molecule has 3 rings (SSSR count). The minimum atomic E-state index is -3.32. The van der Waals surface area contributed by atoms with Crippen LogP contribution in [0.15, 0.2) is 53.6 Å². The average Bonchev–Trinajstić information content (AvgIpc) is 3.19. The Morgan fingerprint density at radius 2 is 1.93 bits per heavy atom. The summed E-state index contributed by atoms with van der Waals surface area (Å²) in [6.07, 6.45) is 0.925. The van der Waals surface area contributed by atoms with Gasteiger partial charge in [0.15, 0.2) is 0 Å². The fourth-order valence-corrected chi connectivity index (χ4v) is 3.81. The summed E-state index contributed by atoms with van der Waals surface area (Å²) in [4.78, 5) is 12.5. The third-order valence-corrected chi connectivity index (χ3v) is 6.13. The zero-order chi connectivity index (χ0) is 21.0. The number of carbonyl (C=O) groups is 1. The van der Waals surface area contributed by atoms with Crippen LogP contribution in [0.5, 0.6) is 5.75 Å². The predicted molar refractivity (Wildman–Crippen MR) is 114 cm³/mol. The van der Waals surface area contributed by atoms with E-state index in [1.54, 1.807) is 26.2 Å². The zero-order valence-electron chi connectivity index (χ0n) is 16.8. The quantitative estimate of drug-likeness (QED) is 0.749. The summed E-state index contributed by atoms with van der Waals surface area (Å²) in [5.41, 5.74) is 3.09. The van der Waals surface area contributed by atoms with Crippen LogP contribution < -0.4 is 9.46 Å². The van der Waals surface area contributed by atoms with Crippen molar-refractivity contribution in [2.24, 2.45) is 5.10 Å². The van der Waals surface area contributed by atoms with Crippen LogP contribution in [0.4, 0.5) is 5.69 Å². The molecule has 0 saturated carbocycles. The summed E-state index contributed by atoms with van der Waals surface area (Å²) in [6.45, 7) is 3.40. The van der Waals surface area contributed by atoms with E-state index in [0.717, 1.165) is 22.6 Å². The number of methoxy groups -OCH3 is 1. The van der Waals surface area contributed by atoms with E-state index in [4.69, 9.17) is 4.74 Å². The maximum absolute atomic E-state index is 12.5. The van der Waals surface area contributed by atoms with Gasteiger partial charge in [0.1, 0.15) is 5.75 Å². The lowest BCUT2D eigenvalue weighted by Crippen LogP contribution is -2.26. The Labute approximate surface area is 171 Å². The van der Waals surface area contributed by atoms with Gasteiger partial charge in [0.2, 0.25) is 15.9 Å². The number of nitrogens with one attached hydrogen (secondary N) is 1. The van der Waals surface area contributed by atoms with E-state index in [1.165, 1.54) is 5.01 Å². The Balaban J connectivity index is 1.87. The van der Waals surface area contributed by atoms with E-state index >= 15 is 0 Å². The lowest BCUT2D eigenvalue weighted by molar-refractivity contribution is -0.132. The number of sulfonamides is 1. The van der Waals surface area contributed by atoms with Crippen LogP contribution in [-0.4, -0.2) is 37.9 Å². The molecule has 29 heavy (non-hydrogen) atoms. The van der Waals surface area contributed by atoms with Crippen LogP contribution in [0.1, 0.15) is 43.9 Å².